The number of aryl methyl sites for hydroxylation is 1. The SMILES string of the molecule is CCN(CC)c1ccc2c(C)cc(=O)oc2c1.CN1C[Se]c2ccccc21. The second-order valence-corrected chi connectivity index (χ2v) is 8.61. The summed E-state index contributed by atoms with van der Waals surface area (Å²) in [4.78, 5) is 15.9. The van der Waals surface area contributed by atoms with Gasteiger partial charge in [0.25, 0.3) is 0 Å². The molecular formula is C22H26N2O2Se. The van der Waals surface area contributed by atoms with Crippen LogP contribution in [-0.4, -0.2) is 40.5 Å². The first-order valence-corrected chi connectivity index (χ1v) is 11.3. The van der Waals surface area contributed by atoms with Crippen molar-refractivity contribution in [2.75, 3.05) is 35.4 Å². The molecule has 1 aliphatic heterocycles. The average Bonchev–Trinajstić information content (AvgIpc) is 3.04. The number of nitrogens with zero attached hydrogens (tertiary/aromatic N) is 2. The molecule has 0 unspecified atom stereocenters. The second kappa shape index (κ2) is 8.64. The van der Waals surface area contributed by atoms with Gasteiger partial charge in [0.2, 0.25) is 0 Å². The summed E-state index contributed by atoms with van der Waals surface area (Å²) in [6, 6.07) is 16.2. The number of hydrogen-bond acceptors (Lipinski definition) is 4. The molecule has 0 spiro atoms. The molecule has 5 heteroatoms. The van der Waals surface area contributed by atoms with E-state index in [-0.39, 0.29) is 5.63 Å². The fourth-order valence-electron chi connectivity index (χ4n) is 3.23. The van der Waals surface area contributed by atoms with Gasteiger partial charge in [-0.05, 0) is 38.5 Å². The van der Waals surface area contributed by atoms with E-state index >= 15 is 0 Å². The van der Waals surface area contributed by atoms with E-state index in [4.69, 9.17) is 4.42 Å². The van der Waals surface area contributed by atoms with Crippen LogP contribution in [-0.2, 0) is 0 Å². The Kier molecular flexibility index (Phi) is 6.25. The van der Waals surface area contributed by atoms with Gasteiger partial charge in [0.15, 0.2) is 0 Å². The molecule has 0 bridgehead atoms. The van der Waals surface area contributed by atoms with Crippen molar-refractivity contribution in [1.82, 2.24) is 0 Å². The molecule has 1 aromatic heterocycles. The van der Waals surface area contributed by atoms with E-state index in [1.807, 2.05) is 19.1 Å². The number of anilines is 2. The number of benzene rings is 2. The van der Waals surface area contributed by atoms with Gasteiger partial charge in [-0.15, -0.1) is 0 Å². The zero-order chi connectivity index (χ0) is 19.4. The van der Waals surface area contributed by atoms with Gasteiger partial charge in [0.1, 0.15) is 5.58 Å². The fourth-order valence-corrected chi connectivity index (χ4v) is 5.37. The van der Waals surface area contributed by atoms with Crippen LogP contribution in [0.4, 0.5) is 11.4 Å². The van der Waals surface area contributed by atoms with Crippen molar-refractivity contribution in [3.8, 4) is 0 Å². The normalized spacial score (nSPS) is 12.5. The van der Waals surface area contributed by atoms with Crippen molar-refractivity contribution >= 4 is 41.8 Å². The van der Waals surface area contributed by atoms with E-state index in [1.165, 1.54) is 17.2 Å². The molecule has 0 atom stereocenters. The Morgan fingerprint density at radius 1 is 1.11 bits per heavy atom. The molecule has 0 saturated carbocycles. The van der Waals surface area contributed by atoms with Crippen molar-refractivity contribution in [2.24, 2.45) is 0 Å². The summed E-state index contributed by atoms with van der Waals surface area (Å²) in [7, 11) is 2.16. The molecule has 142 valence electrons. The van der Waals surface area contributed by atoms with Crippen LogP contribution >= 0.6 is 0 Å². The maximum atomic E-state index is 11.3. The van der Waals surface area contributed by atoms with Crippen molar-refractivity contribution < 1.29 is 4.42 Å². The van der Waals surface area contributed by atoms with Crippen molar-refractivity contribution in [1.29, 1.82) is 0 Å². The van der Waals surface area contributed by atoms with E-state index in [2.05, 4.69) is 61.0 Å². The minimum absolute atomic E-state index is 0.285. The Hall–Kier alpha value is -2.23. The Labute approximate surface area is 166 Å². The van der Waals surface area contributed by atoms with Crippen LogP contribution in [0.15, 0.2) is 57.7 Å². The predicted molar refractivity (Wildman–Crippen MR) is 116 cm³/mol. The van der Waals surface area contributed by atoms with Crippen LogP contribution in [0.2, 0.25) is 0 Å². The molecule has 1 aliphatic rings. The minimum atomic E-state index is -0.285. The van der Waals surface area contributed by atoms with Crippen molar-refractivity contribution in [3.05, 3.63) is 64.5 Å². The Morgan fingerprint density at radius 2 is 1.85 bits per heavy atom. The van der Waals surface area contributed by atoms with Crippen LogP contribution < -0.4 is 19.9 Å². The van der Waals surface area contributed by atoms with Gasteiger partial charge in [-0.2, -0.15) is 0 Å². The molecule has 3 aromatic rings. The number of para-hydroxylation sites is 1. The molecule has 27 heavy (non-hydrogen) atoms. The maximum absolute atomic E-state index is 11.3. The van der Waals surface area contributed by atoms with Crippen LogP contribution in [0.25, 0.3) is 11.0 Å². The zero-order valence-corrected chi connectivity index (χ0v) is 18.1. The zero-order valence-electron chi connectivity index (χ0n) is 16.4. The Morgan fingerprint density at radius 3 is 2.56 bits per heavy atom. The molecule has 0 amide bonds. The fraction of sp³-hybridized carbons (Fsp3) is 0.318. The van der Waals surface area contributed by atoms with Gasteiger partial charge in [-0.1, -0.05) is 0 Å². The van der Waals surface area contributed by atoms with E-state index in [0.29, 0.717) is 20.5 Å². The Bertz CT molecular complexity index is 979. The Balaban J connectivity index is 0.000000177. The van der Waals surface area contributed by atoms with E-state index in [0.717, 1.165) is 29.7 Å². The molecular weight excluding hydrogens is 403 g/mol. The standard InChI is InChI=1S/C14H17NO2.C8H9NSe/c1-4-15(5-2)11-6-7-12-10(3)8-14(16)17-13(12)9-11;1-9-6-10-8-5-3-2-4-7(8)9/h6-9H,4-5H2,1-3H3;2-5H,6H2,1H3. The molecule has 0 radical (unpaired) electrons. The summed E-state index contributed by atoms with van der Waals surface area (Å²) in [6.07, 6.45) is 0. The molecule has 4 nitrogen and oxygen atoms in total. The third-order valence-corrected chi connectivity index (χ3v) is 7.21. The van der Waals surface area contributed by atoms with Gasteiger partial charge < -0.3 is 9.32 Å². The number of rotatable bonds is 3. The van der Waals surface area contributed by atoms with E-state index < -0.39 is 0 Å². The van der Waals surface area contributed by atoms with Gasteiger partial charge in [-0.3, -0.25) is 0 Å². The van der Waals surface area contributed by atoms with Gasteiger partial charge >= 0.3 is 72.4 Å². The predicted octanol–water partition coefficient (Wildman–Crippen LogP) is 3.37. The van der Waals surface area contributed by atoms with Crippen LogP contribution in [0.1, 0.15) is 19.4 Å². The molecule has 0 fully saturated rings. The van der Waals surface area contributed by atoms with Gasteiger partial charge in [0, 0.05) is 36.3 Å². The van der Waals surface area contributed by atoms with Crippen molar-refractivity contribution in [2.45, 2.75) is 20.8 Å². The molecule has 0 aliphatic carbocycles. The summed E-state index contributed by atoms with van der Waals surface area (Å²) in [5.41, 5.74) is 5.11. The molecule has 2 heterocycles. The molecule has 0 saturated heterocycles. The van der Waals surface area contributed by atoms with Crippen molar-refractivity contribution in [3.63, 3.8) is 0 Å². The van der Waals surface area contributed by atoms with Crippen LogP contribution in [0.3, 0.4) is 0 Å². The van der Waals surface area contributed by atoms with Gasteiger partial charge in [0.05, 0.1) is 0 Å². The summed E-state index contributed by atoms with van der Waals surface area (Å²) in [5, 5.41) is 1.00. The third-order valence-electron chi connectivity index (χ3n) is 4.75. The summed E-state index contributed by atoms with van der Waals surface area (Å²) in [6.45, 7) is 8.03. The second-order valence-electron chi connectivity index (χ2n) is 6.54. The number of fused-ring (bicyclic) bond motifs is 2. The first kappa shape index (κ1) is 19.5. The summed E-state index contributed by atoms with van der Waals surface area (Å²) < 4.78 is 6.79. The quantitative estimate of drug-likeness (QED) is 0.473. The van der Waals surface area contributed by atoms with Crippen LogP contribution in [0, 0.1) is 6.92 Å². The molecule has 2 aromatic carbocycles. The monoisotopic (exact) mass is 430 g/mol. The summed E-state index contributed by atoms with van der Waals surface area (Å²) >= 11 is 0.700. The first-order chi connectivity index (χ1) is 13.0. The van der Waals surface area contributed by atoms with E-state index in [1.54, 1.807) is 4.46 Å². The number of hydrogen-bond donors (Lipinski definition) is 0. The third kappa shape index (κ3) is 4.37. The summed E-state index contributed by atoms with van der Waals surface area (Å²) in [5.74, 6) is 0. The van der Waals surface area contributed by atoms with Gasteiger partial charge in [-0.25, -0.2) is 4.79 Å². The first-order valence-electron chi connectivity index (χ1n) is 9.26. The van der Waals surface area contributed by atoms with Crippen LogP contribution in [0.5, 0.6) is 0 Å². The molecule has 4 rings (SSSR count). The van der Waals surface area contributed by atoms with E-state index in [9.17, 15) is 4.79 Å². The molecule has 0 N–H and O–H groups in total. The topological polar surface area (TPSA) is 36.7 Å². The average molecular weight is 429 g/mol.